The van der Waals surface area contributed by atoms with Crippen molar-refractivity contribution in [3.8, 4) is 0 Å². The maximum atomic E-state index is 13.0. The van der Waals surface area contributed by atoms with Gasteiger partial charge in [0.1, 0.15) is 0 Å². The Kier molecular flexibility index (Phi) is 5.54. The molecule has 0 spiro atoms. The van der Waals surface area contributed by atoms with E-state index in [1.165, 1.54) is 28.7 Å². The summed E-state index contributed by atoms with van der Waals surface area (Å²) >= 11 is 1.74. The largest absolute Gasteiger partial charge is 0.465 e. The van der Waals surface area contributed by atoms with E-state index in [1.807, 2.05) is 12.1 Å². The molecule has 0 bridgehead atoms. The molecule has 5 heteroatoms. The smallest absolute Gasteiger partial charge is 0.337 e. The summed E-state index contributed by atoms with van der Waals surface area (Å²) in [6, 6.07) is 14.8. The van der Waals surface area contributed by atoms with Gasteiger partial charge in [-0.1, -0.05) is 26.0 Å². The monoisotopic (exact) mass is 431 g/mol. The number of benzene rings is 2. The van der Waals surface area contributed by atoms with E-state index >= 15 is 0 Å². The van der Waals surface area contributed by atoms with E-state index in [9.17, 15) is 9.59 Å². The average molecular weight is 432 g/mol. The highest BCUT2D eigenvalue weighted by atomic mass is 32.1. The maximum Gasteiger partial charge on any atom is 0.337 e. The van der Waals surface area contributed by atoms with Gasteiger partial charge in [-0.3, -0.25) is 4.79 Å². The number of hydrogen-bond donors (Lipinski definition) is 1. The number of fused-ring (bicyclic) bond motifs is 1. The van der Waals surface area contributed by atoms with Crippen LogP contribution in [-0.4, -0.2) is 19.0 Å². The Bertz CT molecular complexity index is 1190. The van der Waals surface area contributed by atoms with Crippen LogP contribution in [0.3, 0.4) is 0 Å². The Morgan fingerprint density at radius 1 is 1.03 bits per heavy atom. The van der Waals surface area contributed by atoms with E-state index < -0.39 is 5.97 Å². The number of carbonyl (C=O) groups excluding carboxylic acids is 2. The van der Waals surface area contributed by atoms with Crippen LogP contribution in [0.25, 0.3) is 5.57 Å². The number of rotatable bonds is 4. The summed E-state index contributed by atoms with van der Waals surface area (Å²) < 4.78 is 4.71. The summed E-state index contributed by atoms with van der Waals surface area (Å²) in [6.45, 7) is 6.60. The van der Waals surface area contributed by atoms with Crippen molar-refractivity contribution in [3.63, 3.8) is 0 Å². The second kappa shape index (κ2) is 8.16. The summed E-state index contributed by atoms with van der Waals surface area (Å²) in [5.41, 5.74) is 6.53. The average Bonchev–Trinajstić information content (AvgIpc) is 3.19. The molecule has 1 N–H and O–H groups in total. The number of allylic oxidation sites excluding steroid dienone is 1. The zero-order chi connectivity index (χ0) is 22.2. The molecule has 0 atom stereocenters. The summed E-state index contributed by atoms with van der Waals surface area (Å²) in [6.07, 6.45) is 3.26. The first kappa shape index (κ1) is 21.1. The minimum absolute atomic E-state index is 0.0166. The molecule has 31 heavy (non-hydrogen) atoms. The van der Waals surface area contributed by atoms with Gasteiger partial charge in [0.15, 0.2) is 0 Å². The number of anilines is 1. The molecule has 3 aromatic rings. The molecular formula is C26H25NO3S. The first-order valence-electron chi connectivity index (χ1n) is 10.2. The number of thiophene rings is 1. The SMILES string of the molecule is COC(=O)c1ccc(NC(=O)c2ccc3c(c2)C(c2sccc2C)=CCC3(C)C)cc1. The van der Waals surface area contributed by atoms with Crippen molar-refractivity contribution in [1.82, 2.24) is 0 Å². The van der Waals surface area contributed by atoms with Crippen LogP contribution < -0.4 is 5.32 Å². The van der Waals surface area contributed by atoms with Crippen molar-refractivity contribution in [1.29, 1.82) is 0 Å². The molecule has 1 aliphatic carbocycles. The van der Waals surface area contributed by atoms with Crippen LogP contribution in [-0.2, 0) is 10.2 Å². The predicted molar refractivity (Wildman–Crippen MR) is 126 cm³/mol. The van der Waals surface area contributed by atoms with Crippen LogP contribution in [0.1, 0.15) is 62.6 Å². The number of aryl methyl sites for hydroxylation is 1. The van der Waals surface area contributed by atoms with Crippen molar-refractivity contribution < 1.29 is 14.3 Å². The predicted octanol–water partition coefficient (Wildman–Crippen LogP) is 6.21. The fourth-order valence-electron chi connectivity index (χ4n) is 3.95. The Balaban J connectivity index is 1.65. The molecule has 0 unspecified atom stereocenters. The lowest BCUT2D eigenvalue weighted by molar-refractivity contribution is 0.0600. The molecular weight excluding hydrogens is 406 g/mol. The first-order valence-corrected chi connectivity index (χ1v) is 11.1. The van der Waals surface area contributed by atoms with Gasteiger partial charge < -0.3 is 10.1 Å². The lowest BCUT2D eigenvalue weighted by Crippen LogP contribution is -2.23. The van der Waals surface area contributed by atoms with Gasteiger partial charge in [-0.2, -0.15) is 0 Å². The maximum absolute atomic E-state index is 13.0. The Labute approximate surface area is 186 Å². The van der Waals surface area contributed by atoms with Gasteiger partial charge in [-0.05, 0) is 88.9 Å². The molecule has 158 valence electrons. The second-order valence-corrected chi connectivity index (χ2v) is 9.34. The van der Waals surface area contributed by atoms with Crippen LogP contribution in [0.15, 0.2) is 60.0 Å². The molecule has 0 aliphatic heterocycles. The van der Waals surface area contributed by atoms with E-state index in [0.717, 1.165) is 12.0 Å². The molecule has 0 saturated heterocycles. The van der Waals surface area contributed by atoms with E-state index in [4.69, 9.17) is 4.74 Å². The molecule has 1 heterocycles. The topological polar surface area (TPSA) is 55.4 Å². The van der Waals surface area contributed by atoms with Gasteiger partial charge in [0, 0.05) is 16.1 Å². The van der Waals surface area contributed by atoms with Crippen molar-refractivity contribution >= 4 is 34.5 Å². The second-order valence-electron chi connectivity index (χ2n) is 8.42. The van der Waals surface area contributed by atoms with Gasteiger partial charge in [0.25, 0.3) is 5.91 Å². The zero-order valence-corrected chi connectivity index (χ0v) is 18.9. The standard InChI is InChI=1S/C26H25NO3S/c1-16-12-14-31-23(16)20-11-13-26(2,3)22-10-7-18(15-21(20)22)24(28)27-19-8-5-17(6-9-19)25(29)30-4/h5-12,14-15H,13H2,1-4H3,(H,27,28). The number of nitrogens with one attached hydrogen (secondary N) is 1. The molecule has 2 aromatic carbocycles. The van der Waals surface area contributed by atoms with E-state index in [2.05, 4.69) is 49.7 Å². The molecule has 4 nitrogen and oxygen atoms in total. The molecule has 0 saturated carbocycles. The quantitative estimate of drug-likeness (QED) is 0.500. The van der Waals surface area contributed by atoms with Crippen LogP contribution in [0, 0.1) is 6.92 Å². The minimum atomic E-state index is -0.404. The molecule has 1 aliphatic rings. The van der Waals surface area contributed by atoms with Crippen molar-refractivity contribution in [3.05, 3.63) is 92.7 Å². The van der Waals surface area contributed by atoms with Crippen LogP contribution in [0.4, 0.5) is 5.69 Å². The minimum Gasteiger partial charge on any atom is -0.465 e. The van der Waals surface area contributed by atoms with E-state index in [-0.39, 0.29) is 11.3 Å². The fourth-order valence-corrected chi connectivity index (χ4v) is 4.93. The fraction of sp³-hybridized carbons (Fsp3) is 0.231. The van der Waals surface area contributed by atoms with Gasteiger partial charge in [0.05, 0.1) is 12.7 Å². The van der Waals surface area contributed by atoms with Crippen LogP contribution in [0.5, 0.6) is 0 Å². The summed E-state index contributed by atoms with van der Waals surface area (Å²) in [4.78, 5) is 25.8. The number of methoxy groups -OCH3 is 1. The summed E-state index contributed by atoms with van der Waals surface area (Å²) in [5, 5.41) is 5.03. The third kappa shape index (κ3) is 4.06. The summed E-state index contributed by atoms with van der Waals surface area (Å²) in [5.74, 6) is -0.586. The summed E-state index contributed by atoms with van der Waals surface area (Å²) in [7, 11) is 1.34. The first-order chi connectivity index (χ1) is 14.8. The third-order valence-electron chi connectivity index (χ3n) is 5.79. The van der Waals surface area contributed by atoms with Gasteiger partial charge >= 0.3 is 5.97 Å². The number of esters is 1. The van der Waals surface area contributed by atoms with E-state index in [1.54, 1.807) is 35.6 Å². The van der Waals surface area contributed by atoms with Gasteiger partial charge in [-0.25, -0.2) is 4.79 Å². The molecule has 1 amide bonds. The van der Waals surface area contributed by atoms with E-state index in [0.29, 0.717) is 16.8 Å². The van der Waals surface area contributed by atoms with Crippen LogP contribution in [0.2, 0.25) is 0 Å². The zero-order valence-electron chi connectivity index (χ0n) is 18.1. The number of hydrogen-bond acceptors (Lipinski definition) is 4. The van der Waals surface area contributed by atoms with Crippen molar-refractivity contribution in [2.45, 2.75) is 32.6 Å². The highest BCUT2D eigenvalue weighted by Gasteiger charge is 2.30. The van der Waals surface area contributed by atoms with Crippen LogP contribution >= 0.6 is 11.3 Å². The number of ether oxygens (including phenoxy) is 1. The Hall–Kier alpha value is -3.18. The molecule has 0 radical (unpaired) electrons. The molecule has 4 rings (SSSR count). The lowest BCUT2D eigenvalue weighted by atomic mass is 9.72. The normalized spacial score (nSPS) is 14.4. The number of carbonyl (C=O) groups is 2. The molecule has 1 aromatic heterocycles. The molecule has 0 fully saturated rings. The van der Waals surface area contributed by atoms with Crippen molar-refractivity contribution in [2.24, 2.45) is 0 Å². The third-order valence-corrected chi connectivity index (χ3v) is 6.84. The highest BCUT2D eigenvalue weighted by molar-refractivity contribution is 7.11. The van der Waals surface area contributed by atoms with Gasteiger partial charge in [-0.15, -0.1) is 11.3 Å². The van der Waals surface area contributed by atoms with Crippen molar-refractivity contribution in [2.75, 3.05) is 12.4 Å². The Morgan fingerprint density at radius 2 is 1.74 bits per heavy atom. The number of amides is 1. The van der Waals surface area contributed by atoms with Gasteiger partial charge in [0.2, 0.25) is 0 Å². The lowest BCUT2D eigenvalue weighted by Gasteiger charge is -2.32. The Morgan fingerprint density at radius 3 is 2.39 bits per heavy atom. The highest BCUT2D eigenvalue weighted by Crippen LogP contribution is 2.43.